The zero-order chi connectivity index (χ0) is 32.8. The molecule has 0 aliphatic rings. The van der Waals surface area contributed by atoms with E-state index in [9.17, 15) is 19.2 Å². The standard InChI is InChI=1S/C30H54O6/c1-9-35-27(33)26(28(34)36-10-2)30(7,8)22-20-18-16-14-12-11-13-15-17-19-21-29(5,6)25(23(3)31)24(4)32/h25-26H,9-22H2,1-8H3/i5D3,7D3. The van der Waals surface area contributed by atoms with Gasteiger partial charge in [-0.1, -0.05) is 91.8 Å². The van der Waals surface area contributed by atoms with E-state index < -0.39 is 59.9 Å². The molecule has 0 amide bonds. The average molecular weight is 517 g/mol. The summed E-state index contributed by atoms with van der Waals surface area (Å²) in [6.45, 7) is 3.85. The van der Waals surface area contributed by atoms with Gasteiger partial charge < -0.3 is 9.47 Å². The molecule has 0 aromatic rings. The molecule has 36 heavy (non-hydrogen) atoms. The Kier molecular flexibility index (Phi) is 12.1. The summed E-state index contributed by atoms with van der Waals surface area (Å²) in [6, 6.07) is 0. The molecule has 0 aliphatic carbocycles. The van der Waals surface area contributed by atoms with E-state index in [0.717, 1.165) is 51.4 Å². The first-order valence-corrected chi connectivity index (χ1v) is 13.7. The van der Waals surface area contributed by atoms with E-state index in [4.69, 9.17) is 17.7 Å². The molecule has 6 nitrogen and oxygen atoms in total. The fourth-order valence-electron chi connectivity index (χ4n) is 4.94. The molecule has 0 saturated heterocycles. The van der Waals surface area contributed by atoms with Crippen LogP contribution in [-0.4, -0.2) is 36.7 Å². The van der Waals surface area contributed by atoms with Crippen LogP contribution in [-0.2, 0) is 28.7 Å². The van der Waals surface area contributed by atoms with E-state index in [1.807, 2.05) is 0 Å². The van der Waals surface area contributed by atoms with Crippen molar-refractivity contribution in [2.24, 2.45) is 22.7 Å². The predicted molar refractivity (Wildman–Crippen MR) is 145 cm³/mol. The van der Waals surface area contributed by atoms with Crippen molar-refractivity contribution in [2.75, 3.05) is 13.2 Å². The summed E-state index contributed by atoms with van der Waals surface area (Å²) in [6.07, 6.45) is 9.04. The molecule has 0 spiro atoms. The predicted octanol–water partition coefficient (Wildman–Crippen LogP) is 7.26. The fraction of sp³-hybridized carbons (Fsp3) is 0.867. The van der Waals surface area contributed by atoms with Crippen LogP contribution < -0.4 is 0 Å². The van der Waals surface area contributed by atoms with E-state index >= 15 is 0 Å². The molecule has 0 aromatic heterocycles. The Morgan fingerprint density at radius 3 is 1.19 bits per heavy atom. The number of Topliss-reactive ketones (excluding diaryl/α,β-unsaturated/α-hetero) is 2. The van der Waals surface area contributed by atoms with Gasteiger partial charge in [0.05, 0.1) is 19.1 Å². The first kappa shape index (κ1) is 24.6. The molecule has 2 unspecified atom stereocenters. The third kappa shape index (κ3) is 13.0. The summed E-state index contributed by atoms with van der Waals surface area (Å²) < 4.78 is 58.2. The Morgan fingerprint density at radius 1 is 0.611 bits per heavy atom. The number of unbranched alkanes of at least 4 members (excludes halogenated alkanes) is 9. The quantitative estimate of drug-likeness (QED) is 0.0906. The molecule has 0 N–H and O–H groups in total. The van der Waals surface area contributed by atoms with Gasteiger partial charge in [-0.3, -0.25) is 19.2 Å². The minimum atomic E-state index is -2.56. The number of ketones is 2. The van der Waals surface area contributed by atoms with Gasteiger partial charge in [-0.25, -0.2) is 0 Å². The second-order valence-corrected chi connectivity index (χ2v) is 10.5. The smallest absolute Gasteiger partial charge is 0.320 e. The molecule has 0 aromatic carbocycles. The molecule has 0 aliphatic heterocycles. The lowest BCUT2D eigenvalue weighted by Crippen LogP contribution is -2.39. The van der Waals surface area contributed by atoms with Gasteiger partial charge in [0.25, 0.3) is 0 Å². The van der Waals surface area contributed by atoms with Gasteiger partial charge in [-0.05, 0) is 51.4 Å². The maximum Gasteiger partial charge on any atom is 0.320 e. The summed E-state index contributed by atoms with van der Waals surface area (Å²) >= 11 is 0. The zero-order valence-electron chi connectivity index (χ0n) is 29.5. The molecular weight excluding hydrogens is 456 g/mol. The van der Waals surface area contributed by atoms with Crippen molar-refractivity contribution in [2.45, 2.75) is 132 Å². The summed E-state index contributed by atoms with van der Waals surface area (Å²) in [5.41, 5.74) is -2.97. The van der Waals surface area contributed by atoms with E-state index in [2.05, 4.69) is 0 Å². The molecule has 210 valence electrons. The Balaban J connectivity index is 4.66. The highest BCUT2D eigenvalue weighted by atomic mass is 16.6. The minimum absolute atomic E-state index is 0.0354. The van der Waals surface area contributed by atoms with Crippen LogP contribution in [0.2, 0.25) is 0 Å². The monoisotopic (exact) mass is 516 g/mol. The van der Waals surface area contributed by atoms with E-state index in [-0.39, 0.29) is 26.1 Å². The summed E-state index contributed by atoms with van der Waals surface area (Å²) in [4.78, 5) is 49.4. The topological polar surface area (TPSA) is 86.7 Å². The molecule has 0 fully saturated rings. The zero-order valence-corrected chi connectivity index (χ0v) is 23.5. The van der Waals surface area contributed by atoms with E-state index in [1.54, 1.807) is 13.8 Å². The van der Waals surface area contributed by atoms with Gasteiger partial charge in [0, 0.05) is 8.22 Å². The fourth-order valence-corrected chi connectivity index (χ4v) is 4.94. The molecular formula is C30H54O6. The van der Waals surface area contributed by atoms with Crippen LogP contribution in [0.25, 0.3) is 0 Å². The molecule has 2 atom stereocenters. The van der Waals surface area contributed by atoms with Gasteiger partial charge in [-0.2, -0.15) is 0 Å². The van der Waals surface area contributed by atoms with Crippen LogP contribution in [0.3, 0.4) is 0 Å². The molecule has 0 rings (SSSR count). The van der Waals surface area contributed by atoms with Crippen molar-refractivity contribution in [3.8, 4) is 0 Å². The normalized spacial score (nSPS) is 18.0. The highest BCUT2D eigenvalue weighted by Gasteiger charge is 2.42. The first-order valence-electron chi connectivity index (χ1n) is 16.7. The minimum Gasteiger partial charge on any atom is -0.465 e. The number of carbonyl (C=O) groups excluding carboxylic acids is 4. The summed E-state index contributed by atoms with van der Waals surface area (Å²) in [5, 5.41) is 0. The van der Waals surface area contributed by atoms with Crippen molar-refractivity contribution in [1.82, 2.24) is 0 Å². The van der Waals surface area contributed by atoms with E-state index in [1.165, 1.54) is 27.7 Å². The van der Waals surface area contributed by atoms with Gasteiger partial charge in [0.2, 0.25) is 0 Å². The number of carbonyl (C=O) groups is 4. The highest BCUT2D eigenvalue weighted by molar-refractivity contribution is 6.01. The van der Waals surface area contributed by atoms with Gasteiger partial charge in [-0.15, -0.1) is 0 Å². The third-order valence-corrected chi connectivity index (χ3v) is 6.77. The lowest BCUT2D eigenvalue weighted by atomic mass is 9.71. The Hall–Kier alpha value is -1.72. The van der Waals surface area contributed by atoms with Crippen LogP contribution in [0.5, 0.6) is 0 Å². The third-order valence-electron chi connectivity index (χ3n) is 6.77. The van der Waals surface area contributed by atoms with Crippen molar-refractivity contribution in [3.63, 3.8) is 0 Å². The largest absolute Gasteiger partial charge is 0.465 e. The average Bonchev–Trinajstić information content (AvgIpc) is 2.83. The number of hydrogen-bond acceptors (Lipinski definition) is 6. The van der Waals surface area contributed by atoms with Crippen molar-refractivity contribution in [1.29, 1.82) is 0 Å². The molecule has 6 heteroatoms. The number of ether oxygens (including phenoxy) is 2. The van der Waals surface area contributed by atoms with E-state index in [0.29, 0.717) is 12.8 Å². The maximum absolute atomic E-state index is 12.6. The molecule has 0 radical (unpaired) electrons. The number of hydrogen-bond donors (Lipinski definition) is 0. The highest BCUT2D eigenvalue weighted by Crippen LogP contribution is 2.36. The lowest BCUT2D eigenvalue weighted by Gasteiger charge is -2.31. The van der Waals surface area contributed by atoms with Crippen molar-refractivity contribution >= 4 is 23.5 Å². The molecule has 0 heterocycles. The Morgan fingerprint density at radius 2 is 0.917 bits per heavy atom. The second-order valence-electron chi connectivity index (χ2n) is 10.5. The summed E-state index contributed by atoms with van der Waals surface area (Å²) in [7, 11) is 0. The van der Waals surface area contributed by atoms with Gasteiger partial charge >= 0.3 is 11.9 Å². The maximum atomic E-state index is 12.6. The van der Waals surface area contributed by atoms with Crippen LogP contribution in [0.1, 0.15) is 141 Å². The van der Waals surface area contributed by atoms with Crippen molar-refractivity contribution in [3.05, 3.63) is 0 Å². The first-order chi connectivity index (χ1) is 19.3. The summed E-state index contributed by atoms with van der Waals surface area (Å²) in [5.74, 6) is -5.17. The molecule has 0 bridgehead atoms. The van der Waals surface area contributed by atoms with Crippen LogP contribution >= 0.6 is 0 Å². The van der Waals surface area contributed by atoms with Crippen LogP contribution in [0.15, 0.2) is 0 Å². The number of rotatable bonds is 21. The van der Waals surface area contributed by atoms with Crippen LogP contribution in [0, 0.1) is 22.7 Å². The second kappa shape index (κ2) is 17.7. The van der Waals surface area contributed by atoms with Gasteiger partial charge in [0.15, 0.2) is 5.92 Å². The van der Waals surface area contributed by atoms with Crippen LogP contribution in [0.4, 0.5) is 0 Å². The SMILES string of the molecule is [2H]C([2H])([2H])C(C)(CCCCCCCCCCCCC(C)(C(C(=O)OCC)C(=O)OCC)C([2H])([2H])[2H])C(C(C)=O)C(C)=O. The molecule has 0 saturated carbocycles. The lowest BCUT2D eigenvalue weighted by molar-refractivity contribution is -0.167. The van der Waals surface area contributed by atoms with Crippen molar-refractivity contribution < 1.29 is 36.9 Å². The Labute approximate surface area is 229 Å². The number of esters is 2. The van der Waals surface area contributed by atoms with Gasteiger partial charge in [0.1, 0.15) is 11.6 Å². The Bertz CT molecular complexity index is 839.